The van der Waals surface area contributed by atoms with Crippen LogP contribution in [0.25, 0.3) is 22.0 Å². The molecule has 1 aromatic heterocycles. The number of hydrogen-bond acceptors (Lipinski definition) is 4. The normalized spacial score (nSPS) is 10.4. The van der Waals surface area contributed by atoms with Crippen LogP contribution >= 0.6 is 0 Å². The Hall–Kier alpha value is -3.00. The van der Waals surface area contributed by atoms with E-state index in [1.54, 1.807) is 6.07 Å². The van der Waals surface area contributed by atoms with Crippen molar-refractivity contribution in [2.75, 3.05) is 5.73 Å². The first-order chi connectivity index (χ1) is 9.69. The fourth-order valence-corrected chi connectivity index (χ4v) is 2.13. The number of fused-ring (bicyclic) bond motifs is 1. The molecule has 0 atom stereocenters. The zero-order chi connectivity index (χ0) is 14.1. The third kappa shape index (κ3) is 1.93. The van der Waals surface area contributed by atoms with Gasteiger partial charge in [0.15, 0.2) is 5.82 Å². The number of nitrogens with zero attached hydrogens (tertiary/aromatic N) is 3. The second kappa shape index (κ2) is 4.59. The summed E-state index contributed by atoms with van der Waals surface area (Å²) in [6.45, 7) is 0. The first-order valence-electron chi connectivity index (χ1n) is 5.91. The van der Waals surface area contributed by atoms with Gasteiger partial charge in [-0.05, 0) is 18.2 Å². The lowest BCUT2D eigenvalue weighted by atomic mass is 10.0. The molecule has 0 aliphatic rings. The maximum Gasteiger partial charge on any atom is 0.154 e. The van der Waals surface area contributed by atoms with E-state index in [0.29, 0.717) is 17.1 Å². The molecule has 0 bridgehead atoms. The summed E-state index contributed by atoms with van der Waals surface area (Å²) >= 11 is 0. The van der Waals surface area contributed by atoms with Crippen LogP contribution in [0.15, 0.2) is 42.5 Å². The highest BCUT2D eigenvalue weighted by Crippen LogP contribution is 2.29. The van der Waals surface area contributed by atoms with Gasteiger partial charge in [0.2, 0.25) is 0 Å². The zero-order valence-electron chi connectivity index (χ0n) is 10.3. The Morgan fingerprint density at radius 2 is 1.80 bits per heavy atom. The van der Waals surface area contributed by atoms with Gasteiger partial charge in [0, 0.05) is 16.3 Å². The van der Waals surface area contributed by atoms with Gasteiger partial charge < -0.3 is 5.73 Å². The highest BCUT2D eigenvalue weighted by molar-refractivity contribution is 5.99. The predicted octanol–water partition coefficient (Wildman–Crippen LogP) is 2.89. The number of aromatic nitrogens is 2. The summed E-state index contributed by atoms with van der Waals surface area (Å²) in [4.78, 5) is 0. The molecule has 20 heavy (non-hydrogen) atoms. The Labute approximate surface area is 114 Å². The van der Waals surface area contributed by atoms with Crippen molar-refractivity contribution in [1.29, 1.82) is 5.26 Å². The van der Waals surface area contributed by atoms with E-state index in [9.17, 15) is 4.39 Å². The van der Waals surface area contributed by atoms with Crippen LogP contribution in [0.3, 0.4) is 0 Å². The summed E-state index contributed by atoms with van der Waals surface area (Å²) in [5.41, 5.74) is 7.04. The van der Waals surface area contributed by atoms with Crippen molar-refractivity contribution in [3.63, 3.8) is 0 Å². The number of halogens is 1. The number of nitriles is 1. The van der Waals surface area contributed by atoms with Gasteiger partial charge in [-0.3, -0.25) is 0 Å². The molecule has 2 N–H and O–H groups in total. The molecule has 4 nitrogen and oxygen atoms in total. The smallest absolute Gasteiger partial charge is 0.154 e. The van der Waals surface area contributed by atoms with Crippen molar-refractivity contribution >= 4 is 16.6 Å². The van der Waals surface area contributed by atoms with Gasteiger partial charge in [-0.15, -0.1) is 10.2 Å². The van der Waals surface area contributed by atoms with E-state index in [2.05, 4.69) is 10.2 Å². The van der Waals surface area contributed by atoms with Crippen LogP contribution in [0.2, 0.25) is 0 Å². The topological polar surface area (TPSA) is 75.6 Å². The standard InChI is InChI=1S/C15H9FN4/c16-11-6-9(8-17)5-10(7-11)14-12-3-1-2-4-13(12)15(18)20-19-14/h1-7H,(H2,18,20). The second-order valence-electron chi connectivity index (χ2n) is 4.32. The second-order valence-corrected chi connectivity index (χ2v) is 4.32. The Kier molecular flexibility index (Phi) is 2.77. The maximum atomic E-state index is 13.6. The van der Waals surface area contributed by atoms with Crippen molar-refractivity contribution in [3.05, 3.63) is 53.8 Å². The Morgan fingerprint density at radius 1 is 1.05 bits per heavy atom. The number of nitrogen functional groups attached to an aromatic ring is 1. The van der Waals surface area contributed by atoms with Crippen LogP contribution < -0.4 is 5.73 Å². The molecule has 0 spiro atoms. The molecule has 0 radical (unpaired) electrons. The minimum atomic E-state index is -0.484. The lowest BCUT2D eigenvalue weighted by Crippen LogP contribution is -1.98. The summed E-state index contributed by atoms with van der Waals surface area (Å²) in [6, 6.07) is 13.4. The first-order valence-corrected chi connectivity index (χ1v) is 5.91. The molecule has 3 rings (SSSR count). The minimum absolute atomic E-state index is 0.239. The molecule has 0 fully saturated rings. The molecule has 2 aromatic carbocycles. The van der Waals surface area contributed by atoms with E-state index in [1.165, 1.54) is 12.1 Å². The largest absolute Gasteiger partial charge is 0.382 e. The summed E-state index contributed by atoms with van der Waals surface area (Å²) in [5.74, 6) is -0.164. The van der Waals surface area contributed by atoms with E-state index in [1.807, 2.05) is 30.3 Å². The van der Waals surface area contributed by atoms with Gasteiger partial charge in [0.05, 0.1) is 11.6 Å². The summed E-state index contributed by atoms with van der Waals surface area (Å²) in [5, 5.41) is 18.4. The Balaban J connectivity index is 2.33. The van der Waals surface area contributed by atoms with Crippen LogP contribution in [-0.4, -0.2) is 10.2 Å². The quantitative estimate of drug-likeness (QED) is 0.733. The zero-order valence-corrected chi connectivity index (χ0v) is 10.3. The summed E-state index contributed by atoms with van der Waals surface area (Å²) in [7, 11) is 0. The number of anilines is 1. The van der Waals surface area contributed by atoms with E-state index in [4.69, 9.17) is 11.0 Å². The fourth-order valence-electron chi connectivity index (χ4n) is 2.13. The van der Waals surface area contributed by atoms with Gasteiger partial charge in [0.1, 0.15) is 11.5 Å². The van der Waals surface area contributed by atoms with Gasteiger partial charge in [-0.25, -0.2) is 4.39 Å². The van der Waals surface area contributed by atoms with E-state index >= 15 is 0 Å². The van der Waals surface area contributed by atoms with Crippen molar-refractivity contribution in [1.82, 2.24) is 10.2 Å². The fraction of sp³-hybridized carbons (Fsp3) is 0. The van der Waals surface area contributed by atoms with Crippen LogP contribution in [0.4, 0.5) is 10.2 Å². The third-order valence-electron chi connectivity index (χ3n) is 3.02. The first kappa shape index (κ1) is 12.1. The molecular formula is C15H9FN4. The molecule has 96 valence electrons. The Morgan fingerprint density at radius 3 is 2.55 bits per heavy atom. The van der Waals surface area contributed by atoms with Gasteiger partial charge in [-0.1, -0.05) is 24.3 Å². The molecule has 0 unspecified atom stereocenters. The van der Waals surface area contributed by atoms with Crippen molar-refractivity contribution in [2.24, 2.45) is 0 Å². The average molecular weight is 264 g/mol. The molecule has 0 saturated heterocycles. The third-order valence-corrected chi connectivity index (χ3v) is 3.02. The molecule has 5 heteroatoms. The molecule has 0 aliphatic heterocycles. The number of benzene rings is 2. The Bertz CT molecular complexity index is 852. The van der Waals surface area contributed by atoms with E-state index < -0.39 is 5.82 Å². The molecule has 3 aromatic rings. The molecular weight excluding hydrogens is 255 g/mol. The van der Waals surface area contributed by atoms with Crippen LogP contribution in [0, 0.1) is 17.1 Å². The van der Waals surface area contributed by atoms with Gasteiger partial charge in [-0.2, -0.15) is 5.26 Å². The van der Waals surface area contributed by atoms with Gasteiger partial charge in [0.25, 0.3) is 0 Å². The molecule has 1 heterocycles. The van der Waals surface area contributed by atoms with Crippen molar-refractivity contribution in [3.8, 4) is 17.3 Å². The van der Waals surface area contributed by atoms with Crippen molar-refractivity contribution in [2.45, 2.75) is 0 Å². The van der Waals surface area contributed by atoms with Crippen LogP contribution in [-0.2, 0) is 0 Å². The monoisotopic (exact) mass is 264 g/mol. The predicted molar refractivity (Wildman–Crippen MR) is 74.1 cm³/mol. The lowest BCUT2D eigenvalue weighted by molar-refractivity contribution is 0.628. The highest BCUT2D eigenvalue weighted by Gasteiger charge is 2.11. The summed E-state index contributed by atoms with van der Waals surface area (Å²) in [6.07, 6.45) is 0. The molecule has 0 amide bonds. The number of nitrogens with two attached hydrogens (primary N) is 1. The summed E-state index contributed by atoms with van der Waals surface area (Å²) < 4.78 is 13.6. The number of rotatable bonds is 1. The average Bonchev–Trinajstić information content (AvgIpc) is 2.47. The maximum absolute atomic E-state index is 13.6. The van der Waals surface area contributed by atoms with Crippen molar-refractivity contribution < 1.29 is 4.39 Å². The molecule has 0 saturated carbocycles. The van der Waals surface area contributed by atoms with E-state index in [0.717, 1.165) is 10.8 Å². The lowest BCUT2D eigenvalue weighted by Gasteiger charge is -2.07. The minimum Gasteiger partial charge on any atom is -0.382 e. The van der Waals surface area contributed by atoms with E-state index in [-0.39, 0.29) is 5.56 Å². The highest BCUT2D eigenvalue weighted by atomic mass is 19.1. The van der Waals surface area contributed by atoms with Crippen LogP contribution in [0.5, 0.6) is 0 Å². The SMILES string of the molecule is N#Cc1cc(F)cc(-c2nnc(N)c3ccccc23)c1. The number of hydrogen-bond donors (Lipinski definition) is 1. The molecule has 0 aliphatic carbocycles. The van der Waals surface area contributed by atoms with Gasteiger partial charge >= 0.3 is 0 Å². The van der Waals surface area contributed by atoms with Crippen LogP contribution in [0.1, 0.15) is 5.56 Å².